The van der Waals surface area contributed by atoms with Gasteiger partial charge in [-0.25, -0.2) is 4.98 Å². The number of pyridine rings is 2. The second-order valence-corrected chi connectivity index (χ2v) is 9.72. The molecule has 0 saturated carbocycles. The minimum atomic E-state index is -0.512. The highest BCUT2D eigenvalue weighted by molar-refractivity contribution is 6.61. The topological polar surface area (TPSA) is 44.2 Å². The summed E-state index contributed by atoms with van der Waals surface area (Å²) in [6.45, 7) is 8.22. The minimum Gasteiger partial charge on any atom is -0.398 e. The van der Waals surface area contributed by atoms with E-state index in [-0.39, 0.29) is 0 Å². The average Bonchev–Trinajstić information content (AvgIpc) is 3.05. The number of rotatable bonds is 2. The van der Waals surface area contributed by atoms with Crippen molar-refractivity contribution < 1.29 is 9.31 Å². The number of hydrogen-bond acceptors (Lipinski definition) is 4. The Bertz CT molecular complexity index is 1510. The first kappa shape index (κ1) is 20.3. The molecule has 0 aliphatic carbocycles. The summed E-state index contributed by atoms with van der Waals surface area (Å²) in [4.78, 5) is 10.0. The van der Waals surface area contributed by atoms with Gasteiger partial charge in [-0.15, -0.1) is 0 Å². The first-order valence-electron chi connectivity index (χ1n) is 11.4. The third-order valence-electron chi connectivity index (χ3n) is 7.10. The predicted molar refractivity (Wildman–Crippen MR) is 136 cm³/mol. The monoisotopic (exact) mass is 432 g/mol. The van der Waals surface area contributed by atoms with Crippen molar-refractivity contribution in [2.45, 2.75) is 38.9 Å². The van der Waals surface area contributed by atoms with Gasteiger partial charge < -0.3 is 9.31 Å². The minimum absolute atomic E-state index is 0.415. The van der Waals surface area contributed by atoms with E-state index >= 15 is 0 Å². The Morgan fingerprint density at radius 1 is 0.636 bits per heavy atom. The van der Waals surface area contributed by atoms with Crippen molar-refractivity contribution in [1.82, 2.24) is 9.97 Å². The molecule has 4 nitrogen and oxygen atoms in total. The van der Waals surface area contributed by atoms with Gasteiger partial charge in [-0.1, -0.05) is 60.7 Å². The molecule has 0 atom stereocenters. The second-order valence-electron chi connectivity index (χ2n) is 9.72. The smallest absolute Gasteiger partial charge is 0.398 e. The zero-order valence-corrected chi connectivity index (χ0v) is 19.3. The second kappa shape index (κ2) is 7.11. The summed E-state index contributed by atoms with van der Waals surface area (Å²) in [7, 11) is -0.512. The zero-order valence-electron chi connectivity index (χ0n) is 19.3. The lowest BCUT2D eigenvalue weighted by atomic mass is 9.84. The van der Waals surface area contributed by atoms with Crippen molar-refractivity contribution in [2.75, 3.05) is 0 Å². The summed E-state index contributed by atoms with van der Waals surface area (Å²) in [5.41, 5.74) is 2.57. The van der Waals surface area contributed by atoms with E-state index in [1.807, 2.05) is 24.3 Å². The molecule has 1 saturated heterocycles. The Labute approximate surface area is 193 Å². The molecular weight excluding hydrogens is 407 g/mol. The standard InChI is InChI=1S/C28H25BN2O2/c1-27(2)28(3,4)33-29(32-27)24-15-9-14-23(30-24)26-21-17-16-18-10-5-6-11-19(18)25(21)20-12-7-8-13-22(20)31-26/h5-17H,1-4H3. The zero-order chi connectivity index (χ0) is 22.8. The first-order chi connectivity index (χ1) is 15.8. The molecule has 1 fully saturated rings. The van der Waals surface area contributed by atoms with Gasteiger partial charge >= 0.3 is 7.12 Å². The summed E-state index contributed by atoms with van der Waals surface area (Å²) in [6.07, 6.45) is 0. The van der Waals surface area contributed by atoms with Crippen LogP contribution in [0.3, 0.4) is 0 Å². The Kier molecular flexibility index (Phi) is 4.38. The van der Waals surface area contributed by atoms with Crippen LogP contribution >= 0.6 is 0 Å². The molecule has 1 aliphatic rings. The number of para-hydroxylation sites is 1. The summed E-state index contributed by atoms with van der Waals surface area (Å²) >= 11 is 0. The highest BCUT2D eigenvalue weighted by Crippen LogP contribution is 2.38. The number of nitrogens with zero attached hydrogens (tertiary/aromatic N) is 2. The largest absolute Gasteiger partial charge is 0.514 e. The van der Waals surface area contributed by atoms with Crippen molar-refractivity contribution in [1.29, 1.82) is 0 Å². The Morgan fingerprint density at radius 2 is 1.33 bits per heavy atom. The van der Waals surface area contributed by atoms with Crippen LogP contribution in [0.2, 0.25) is 0 Å². The molecule has 0 radical (unpaired) electrons. The first-order valence-corrected chi connectivity index (χ1v) is 11.4. The lowest BCUT2D eigenvalue weighted by Gasteiger charge is -2.32. The number of fused-ring (bicyclic) bond motifs is 5. The van der Waals surface area contributed by atoms with Crippen molar-refractivity contribution in [3.8, 4) is 11.4 Å². The van der Waals surface area contributed by atoms with Gasteiger partial charge in [0.15, 0.2) is 0 Å². The fourth-order valence-corrected chi connectivity index (χ4v) is 4.60. The van der Waals surface area contributed by atoms with Gasteiger partial charge in [0.05, 0.1) is 33.7 Å². The molecule has 0 N–H and O–H groups in total. The van der Waals surface area contributed by atoms with Crippen LogP contribution in [-0.4, -0.2) is 28.3 Å². The fraction of sp³-hybridized carbons (Fsp3) is 0.214. The van der Waals surface area contributed by atoms with Crippen LogP contribution in [-0.2, 0) is 9.31 Å². The predicted octanol–water partition coefficient (Wildman–Crippen LogP) is 5.90. The molecule has 0 unspecified atom stereocenters. The van der Waals surface area contributed by atoms with Gasteiger partial charge in [0.25, 0.3) is 0 Å². The fourth-order valence-electron chi connectivity index (χ4n) is 4.60. The lowest BCUT2D eigenvalue weighted by Crippen LogP contribution is -2.41. The molecule has 3 aromatic carbocycles. The van der Waals surface area contributed by atoms with Gasteiger partial charge in [0.1, 0.15) is 0 Å². The van der Waals surface area contributed by atoms with Crippen molar-refractivity contribution in [2.24, 2.45) is 0 Å². The molecule has 5 heteroatoms. The van der Waals surface area contributed by atoms with E-state index in [0.717, 1.165) is 33.3 Å². The molecule has 6 rings (SSSR count). The van der Waals surface area contributed by atoms with E-state index in [1.54, 1.807) is 0 Å². The van der Waals surface area contributed by atoms with Gasteiger partial charge in [0.2, 0.25) is 0 Å². The third kappa shape index (κ3) is 3.15. The number of benzene rings is 3. The van der Waals surface area contributed by atoms with E-state index < -0.39 is 18.3 Å². The maximum absolute atomic E-state index is 6.25. The molecule has 0 amide bonds. The quantitative estimate of drug-likeness (QED) is 0.257. The average molecular weight is 432 g/mol. The summed E-state index contributed by atoms with van der Waals surface area (Å²) in [5, 5.41) is 5.88. The molecule has 33 heavy (non-hydrogen) atoms. The maximum atomic E-state index is 6.25. The van der Waals surface area contributed by atoms with Gasteiger partial charge in [-0.2, -0.15) is 0 Å². The Balaban J connectivity index is 1.58. The number of aromatic nitrogens is 2. The third-order valence-corrected chi connectivity index (χ3v) is 7.10. The van der Waals surface area contributed by atoms with E-state index in [9.17, 15) is 0 Å². The molecule has 0 spiro atoms. The van der Waals surface area contributed by atoms with Gasteiger partial charge in [-0.3, -0.25) is 4.98 Å². The molecular formula is C28H25BN2O2. The Hall–Kier alpha value is -3.28. The van der Waals surface area contributed by atoms with Crippen LogP contribution in [0.4, 0.5) is 0 Å². The number of hydrogen-bond donors (Lipinski definition) is 0. The van der Waals surface area contributed by atoms with Crippen LogP contribution in [0.1, 0.15) is 27.7 Å². The molecule has 5 aromatic rings. The maximum Gasteiger partial charge on any atom is 0.514 e. The van der Waals surface area contributed by atoms with Crippen LogP contribution in [0.15, 0.2) is 78.9 Å². The van der Waals surface area contributed by atoms with Gasteiger partial charge in [0, 0.05) is 16.2 Å². The van der Waals surface area contributed by atoms with Crippen LogP contribution < -0.4 is 5.59 Å². The highest BCUT2D eigenvalue weighted by Gasteiger charge is 2.52. The lowest BCUT2D eigenvalue weighted by molar-refractivity contribution is 0.00578. The molecule has 0 bridgehead atoms. The molecule has 2 aromatic heterocycles. The van der Waals surface area contributed by atoms with Crippen molar-refractivity contribution in [3.05, 3.63) is 78.9 Å². The van der Waals surface area contributed by atoms with Crippen molar-refractivity contribution >= 4 is 45.2 Å². The molecule has 162 valence electrons. The highest BCUT2D eigenvalue weighted by atomic mass is 16.7. The van der Waals surface area contributed by atoms with E-state index in [2.05, 4.69) is 82.3 Å². The van der Waals surface area contributed by atoms with E-state index in [0.29, 0.717) is 0 Å². The molecule has 1 aliphatic heterocycles. The van der Waals surface area contributed by atoms with Crippen molar-refractivity contribution in [3.63, 3.8) is 0 Å². The summed E-state index contributed by atoms with van der Waals surface area (Å²) in [5.74, 6) is 0. The van der Waals surface area contributed by atoms with Gasteiger partial charge in [-0.05, 0) is 56.7 Å². The molecule has 3 heterocycles. The van der Waals surface area contributed by atoms with E-state index in [4.69, 9.17) is 19.3 Å². The summed E-state index contributed by atoms with van der Waals surface area (Å²) < 4.78 is 12.5. The van der Waals surface area contributed by atoms with E-state index in [1.165, 1.54) is 16.2 Å². The normalized spacial score (nSPS) is 17.3. The van der Waals surface area contributed by atoms with Crippen LogP contribution in [0.25, 0.3) is 43.8 Å². The SMILES string of the molecule is CC1(C)OB(c2cccc(-c3nc4ccccc4c4c3ccc3ccccc34)n2)OC1(C)C. The van der Waals surface area contributed by atoms with Crippen LogP contribution in [0, 0.1) is 0 Å². The summed E-state index contributed by atoms with van der Waals surface area (Å²) in [6, 6.07) is 27.1. The Morgan fingerprint density at radius 3 is 2.12 bits per heavy atom. The van der Waals surface area contributed by atoms with Crippen LogP contribution in [0.5, 0.6) is 0 Å².